The normalized spacial score (nSPS) is 29.2. The number of esters is 1. The highest BCUT2D eigenvalue weighted by molar-refractivity contribution is 9.10. The van der Waals surface area contributed by atoms with Crippen LogP contribution in [0.2, 0.25) is 25.7 Å². The molecule has 0 aromatic heterocycles. The minimum Gasteiger partial charge on any atom is -0.496 e. The highest BCUT2D eigenvalue weighted by atomic mass is 79.9. The van der Waals surface area contributed by atoms with Gasteiger partial charge in [0.2, 0.25) is 0 Å². The third-order valence-electron chi connectivity index (χ3n) is 7.91. The zero-order valence-electron chi connectivity index (χ0n) is 21.2. The van der Waals surface area contributed by atoms with Crippen LogP contribution in [0.25, 0.3) is 0 Å². The van der Waals surface area contributed by atoms with Crippen molar-refractivity contribution in [1.82, 2.24) is 0 Å². The molecule has 0 heterocycles. The van der Waals surface area contributed by atoms with Crippen molar-refractivity contribution in [2.24, 2.45) is 11.3 Å². The molecule has 0 amide bonds. The minimum atomic E-state index is -1.44. The molecule has 1 saturated carbocycles. The number of halogens is 1. The quantitative estimate of drug-likeness (QED) is 0.193. The standard InChI is InChI=1S/C26H37BrO5Si/c1-15(28)19-16(10-13-33(6,7)8)20-17(14-18(19)31-4)25(2)11-9-12-26(3,24(30)32-5)23(25)21(27)22(20)29/h14,21,23H,9-13H2,1-8H3/t21-,23+,25+,26-/m0/s1. The highest BCUT2D eigenvalue weighted by Gasteiger charge is 2.61. The van der Waals surface area contributed by atoms with Crippen molar-refractivity contribution in [2.45, 2.75) is 82.4 Å². The molecule has 1 aromatic rings. The van der Waals surface area contributed by atoms with E-state index in [2.05, 4.69) is 42.5 Å². The Morgan fingerprint density at radius 1 is 1.18 bits per heavy atom. The van der Waals surface area contributed by atoms with Gasteiger partial charge in [0.05, 0.1) is 30.0 Å². The first kappa shape index (κ1) is 26.1. The van der Waals surface area contributed by atoms with E-state index >= 15 is 0 Å². The number of hydrogen-bond acceptors (Lipinski definition) is 5. The van der Waals surface area contributed by atoms with E-state index in [0.29, 0.717) is 29.7 Å². The first-order chi connectivity index (χ1) is 15.2. The van der Waals surface area contributed by atoms with E-state index in [9.17, 15) is 14.4 Å². The number of alkyl halides is 1. The lowest BCUT2D eigenvalue weighted by Crippen LogP contribution is -2.58. The Hall–Kier alpha value is -1.47. The second-order valence-corrected chi connectivity index (χ2v) is 18.0. The molecule has 33 heavy (non-hydrogen) atoms. The zero-order valence-corrected chi connectivity index (χ0v) is 23.8. The van der Waals surface area contributed by atoms with E-state index in [0.717, 1.165) is 30.0 Å². The summed E-state index contributed by atoms with van der Waals surface area (Å²) >= 11 is 3.73. The van der Waals surface area contributed by atoms with Gasteiger partial charge in [0.25, 0.3) is 0 Å². The fraction of sp³-hybridized carbons (Fsp3) is 0.654. The molecule has 0 N–H and O–H groups in total. The van der Waals surface area contributed by atoms with Gasteiger partial charge in [0.1, 0.15) is 5.75 Å². The molecule has 0 bridgehead atoms. The average molecular weight is 538 g/mol. The van der Waals surface area contributed by atoms with Gasteiger partial charge in [-0.05, 0) is 55.7 Å². The SMILES string of the molecule is COC(=O)[C@@]1(C)CCC[C@]2(C)c3cc(OC)c(C(C)=O)c(CC[Si](C)(C)C)c3C(=O)[C@H](Br)[C@@H]12. The molecule has 0 aliphatic heterocycles. The van der Waals surface area contributed by atoms with Gasteiger partial charge in [-0.15, -0.1) is 0 Å². The lowest BCUT2D eigenvalue weighted by Gasteiger charge is -2.55. The van der Waals surface area contributed by atoms with Crippen molar-refractivity contribution in [3.63, 3.8) is 0 Å². The Kier molecular flexibility index (Phi) is 7.09. The molecule has 2 aliphatic carbocycles. The third-order valence-corrected chi connectivity index (χ3v) is 10.6. The fourth-order valence-electron chi connectivity index (χ4n) is 6.28. The molecule has 0 radical (unpaired) electrons. The third kappa shape index (κ3) is 4.24. The van der Waals surface area contributed by atoms with Gasteiger partial charge >= 0.3 is 5.97 Å². The second-order valence-electron chi connectivity index (χ2n) is 11.4. The molecular weight excluding hydrogens is 500 g/mol. The Bertz CT molecular complexity index is 997. The molecule has 5 nitrogen and oxygen atoms in total. The maximum absolute atomic E-state index is 14.0. The van der Waals surface area contributed by atoms with Gasteiger partial charge in [0, 0.05) is 19.6 Å². The first-order valence-electron chi connectivity index (χ1n) is 11.7. The Balaban J connectivity index is 2.35. The van der Waals surface area contributed by atoms with Crippen molar-refractivity contribution in [2.75, 3.05) is 14.2 Å². The Morgan fingerprint density at radius 3 is 2.33 bits per heavy atom. The lowest BCUT2D eigenvalue weighted by atomic mass is 9.49. The molecule has 7 heteroatoms. The van der Waals surface area contributed by atoms with Crippen LogP contribution in [-0.2, 0) is 21.4 Å². The number of hydrogen-bond donors (Lipinski definition) is 0. The number of rotatable bonds is 6. The number of methoxy groups -OCH3 is 2. The summed E-state index contributed by atoms with van der Waals surface area (Å²) in [5.74, 6) is -0.137. The highest BCUT2D eigenvalue weighted by Crippen LogP contribution is 2.60. The van der Waals surface area contributed by atoms with Crippen LogP contribution in [0.4, 0.5) is 0 Å². The van der Waals surface area contributed by atoms with Crippen LogP contribution < -0.4 is 4.74 Å². The van der Waals surface area contributed by atoms with Crippen LogP contribution in [0.1, 0.15) is 71.9 Å². The predicted molar refractivity (Wildman–Crippen MR) is 137 cm³/mol. The monoisotopic (exact) mass is 536 g/mol. The molecule has 0 saturated heterocycles. The van der Waals surface area contributed by atoms with Gasteiger partial charge in [-0.1, -0.05) is 55.0 Å². The number of ketones is 2. The molecule has 0 spiro atoms. The number of carbonyl (C=O) groups excluding carboxylic acids is 3. The van der Waals surface area contributed by atoms with E-state index in [4.69, 9.17) is 9.47 Å². The van der Waals surface area contributed by atoms with Gasteiger partial charge in [-0.25, -0.2) is 0 Å². The van der Waals surface area contributed by atoms with E-state index in [1.165, 1.54) is 7.11 Å². The molecule has 3 rings (SSSR count). The number of Topliss-reactive ketones (excluding diaryl/α,β-unsaturated/α-hetero) is 2. The second kappa shape index (κ2) is 8.95. The largest absolute Gasteiger partial charge is 0.496 e. The van der Waals surface area contributed by atoms with E-state index in [-0.39, 0.29) is 23.5 Å². The minimum absolute atomic E-state index is 0.0415. The summed E-state index contributed by atoms with van der Waals surface area (Å²) in [5, 5.41) is 0. The van der Waals surface area contributed by atoms with Crippen LogP contribution in [0.5, 0.6) is 5.75 Å². The lowest BCUT2D eigenvalue weighted by molar-refractivity contribution is -0.160. The Labute approximate surface area is 207 Å². The smallest absolute Gasteiger partial charge is 0.311 e. The van der Waals surface area contributed by atoms with Crippen molar-refractivity contribution >= 4 is 41.5 Å². The summed E-state index contributed by atoms with van der Waals surface area (Å²) in [6.07, 6.45) is 3.05. The first-order valence-corrected chi connectivity index (χ1v) is 16.4. The van der Waals surface area contributed by atoms with Crippen molar-refractivity contribution in [3.8, 4) is 5.75 Å². The Morgan fingerprint density at radius 2 is 1.82 bits per heavy atom. The van der Waals surface area contributed by atoms with Crippen LogP contribution >= 0.6 is 15.9 Å². The molecule has 182 valence electrons. The molecule has 0 unspecified atom stereocenters. The molecular formula is C26H37BrO5Si. The van der Waals surface area contributed by atoms with Gasteiger partial charge in [-0.2, -0.15) is 0 Å². The number of benzene rings is 1. The fourth-order valence-corrected chi connectivity index (χ4v) is 8.67. The number of fused-ring (bicyclic) bond motifs is 3. The summed E-state index contributed by atoms with van der Waals surface area (Å²) in [6, 6.07) is 2.87. The summed E-state index contributed by atoms with van der Waals surface area (Å²) < 4.78 is 10.9. The number of carbonyl (C=O) groups is 3. The summed E-state index contributed by atoms with van der Waals surface area (Å²) in [5.41, 5.74) is 1.70. The predicted octanol–water partition coefficient (Wildman–Crippen LogP) is 5.98. The summed E-state index contributed by atoms with van der Waals surface area (Å²) in [7, 11) is 1.55. The maximum atomic E-state index is 14.0. The summed E-state index contributed by atoms with van der Waals surface area (Å²) in [4.78, 5) is 39.2. The summed E-state index contributed by atoms with van der Waals surface area (Å²) in [6.45, 7) is 12.5. The molecule has 1 fully saturated rings. The van der Waals surface area contributed by atoms with Gasteiger partial charge < -0.3 is 9.47 Å². The van der Waals surface area contributed by atoms with E-state index < -0.39 is 23.7 Å². The average Bonchev–Trinajstić information content (AvgIpc) is 2.73. The van der Waals surface area contributed by atoms with E-state index in [1.807, 2.05) is 13.0 Å². The van der Waals surface area contributed by atoms with E-state index in [1.54, 1.807) is 14.0 Å². The van der Waals surface area contributed by atoms with Crippen LogP contribution in [-0.4, -0.2) is 44.7 Å². The van der Waals surface area contributed by atoms with Crippen LogP contribution in [0, 0.1) is 11.3 Å². The van der Waals surface area contributed by atoms with Crippen molar-refractivity contribution in [1.29, 1.82) is 0 Å². The molecule has 1 aromatic carbocycles. The molecule has 2 aliphatic rings. The van der Waals surface area contributed by atoms with Crippen LogP contribution in [0.3, 0.4) is 0 Å². The van der Waals surface area contributed by atoms with Crippen LogP contribution in [0.15, 0.2) is 6.07 Å². The topological polar surface area (TPSA) is 69.7 Å². The van der Waals surface area contributed by atoms with Crippen molar-refractivity contribution < 1.29 is 23.9 Å². The van der Waals surface area contributed by atoms with Gasteiger partial charge in [-0.3, -0.25) is 14.4 Å². The van der Waals surface area contributed by atoms with Crippen molar-refractivity contribution in [3.05, 3.63) is 28.3 Å². The molecule has 4 atom stereocenters. The van der Waals surface area contributed by atoms with Gasteiger partial charge in [0.15, 0.2) is 11.6 Å². The maximum Gasteiger partial charge on any atom is 0.311 e. The zero-order chi connectivity index (χ0) is 24.9. The number of ether oxygens (including phenoxy) is 2.